The van der Waals surface area contributed by atoms with Crippen molar-refractivity contribution in [1.82, 2.24) is 16.0 Å². The van der Waals surface area contributed by atoms with Gasteiger partial charge in [0.25, 0.3) is 5.91 Å². The van der Waals surface area contributed by atoms with Crippen LogP contribution < -0.4 is 16.0 Å². The molecule has 1 heterocycles. The molecule has 3 N–H and O–H groups in total. The molecule has 4 bridgehead atoms. The summed E-state index contributed by atoms with van der Waals surface area (Å²) >= 11 is 0. The number of aldehydes is 1. The summed E-state index contributed by atoms with van der Waals surface area (Å²) in [6.45, 7) is 5.11. The first-order valence-electron chi connectivity index (χ1n) is 12.7. The first kappa shape index (κ1) is 24.0. The van der Waals surface area contributed by atoms with E-state index >= 15 is 0 Å². The molecule has 0 spiro atoms. The number of rotatable bonds is 10. The van der Waals surface area contributed by atoms with Crippen LogP contribution in [-0.2, 0) is 19.1 Å². The van der Waals surface area contributed by atoms with Crippen LogP contribution in [0.2, 0.25) is 0 Å². The van der Waals surface area contributed by atoms with Gasteiger partial charge in [0.05, 0.1) is 6.04 Å². The van der Waals surface area contributed by atoms with Crippen LogP contribution in [0.5, 0.6) is 0 Å². The maximum atomic E-state index is 12.9. The van der Waals surface area contributed by atoms with Gasteiger partial charge in [-0.25, -0.2) is 4.79 Å². The molecule has 0 aromatic carbocycles. The third-order valence-electron chi connectivity index (χ3n) is 8.19. The average molecular weight is 462 g/mol. The maximum absolute atomic E-state index is 12.9. The average Bonchev–Trinajstić information content (AvgIpc) is 3.14. The molecule has 1 aliphatic heterocycles. The number of alkyl carbamates (subject to hydrolysis) is 1. The second-order valence-electron chi connectivity index (χ2n) is 11.6. The zero-order valence-electron chi connectivity index (χ0n) is 19.9. The number of carbonyl (C=O) groups excluding carboxylic acids is 4. The van der Waals surface area contributed by atoms with E-state index in [2.05, 4.69) is 16.0 Å². The van der Waals surface area contributed by atoms with Gasteiger partial charge in [-0.05, 0) is 86.9 Å². The lowest BCUT2D eigenvalue weighted by Crippen LogP contribution is -2.52. The molecule has 3 atom stereocenters. The highest BCUT2D eigenvalue weighted by molar-refractivity contribution is 5.86. The molecular weight excluding hydrogens is 422 g/mol. The van der Waals surface area contributed by atoms with Crippen LogP contribution in [0.4, 0.5) is 4.79 Å². The molecule has 184 valence electrons. The zero-order chi connectivity index (χ0) is 23.6. The molecule has 33 heavy (non-hydrogen) atoms. The molecule has 4 saturated carbocycles. The summed E-state index contributed by atoms with van der Waals surface area (Å²) in [4.78, 5) is 48.9. The number of hydrogen-bond donors (Lipinski definition) is 3. The summed E-state index contributed by atoms with van der Waals surface area (Å²) in [5, 5.41) is 8.39. The van der Waals surface area contributed by atoms with Crippen molar-refractivity contribution in [2.75, 3.05) is 13.1 Å². The molecule has 8 heteroatoms. The second-order valence-corrected chi connectivity index (χ2v) is 11.6. The van der Waals surface area contributed by atoms with Gasteiger partial charge in [0, 0.05) is 19.0 Å². The van der Waals surface area contributed by atoms with Crippen LogP contribution in [0.25, 0.3) is 0 Å². The maximum Gasteiger partial charge on any atom is 0.407 e. The predicted molar refractivity (Wildman–Crippen MR) is 122 cm³/mol. The summed E-state index contributed by atoms with van der Waals surface area (Å²) in [5.74, 6) is 1.68. The van der Waals surface area contributed by atoms with Crippen molar-refractivity contribution in [2.24, 2.45) is 35.0 Å². The predicted octanol–water partition coefficient (Wildman–Crippen LogP) is 2.55. The Hall–Kier alpha value is -2.12. The molecule has 5 fully saturated rings. The summed E-state index contributed by atoms with van der Waals surface area (Å²) in [5.41, 5.74) is 0.189. The Kier molecular flexibility index (Phi) is 7.29. The highest BCUT2D eigenvalue weighted by Crippen LogP contribution is 2.59. The van der Waals surface area contributed by atoms with Crippen molar-refractivity contribution in [3.63, 3.8) is 0 Å². The molecule has 5 aliphatic rings. The van der Waals surface area contributed by atoms with E-state index < -0.39 is 24.1 Å². The molecule has 8 nitrogen and oxygen atoms in total. The van der Waals surface area contributed by atoms with Gasteiger partial charge in [0.2, 0.25) is 5.91 Å². The van der Waals surface area contributed by atoms with E-state index in [4.69, 9.17) is 4.74 Å². The number of ether oxygens (including phenoxy) is 1. The lowest BCUT2D eigenvalue weighted by Gasteiger charge is -2.56. The Morgan fingerprint density at radius 3 is 2.30 bits per heavy atom. The van der Waals surface area contributed by atoms with Gasteiger partial charge in [-0.3, -0.25) is 9.59 Å². The third kappa shape index (κ3) is 5.87. The minimum absolute atomic E-state index is 0.0878. The Morgan fingerprint density at radius 1 is 1.15 bits per heavy atom. The highest BCUT2D eigenvalue weighted by atomic mass is 16.6. The van der Waals surface area contributed by atoms with Gasteiger partial charge in [-0.15, -0.1) is 0 Å². The summed E-state index contributed by atoms with van der Waals surface area (Å²) in [7, 11) is 0. The fourth-order valence-corrected chi connectivity index (χ4v) is 7.17. The van der Waals surface area contributed by atoms with E-state index in [0.717, 1.165) is 17.8 Å². The molecule has 3 amide bonds. The molecule has 0 aromatic heterocycles. The van der Waals surface area contributed by atoms with Gasteiger partial charge < -0.3 is 25.5 Å². The van der Waals surface area contributed by atoms with Crippen molar-refractivity contribution >= 4 is 24.2 Å². The highest BCUT2D eigenvalue weighted by Gasteiger charge is 2.50. The second kappa shape index (κ2) is 10.0. The van der Waals surface area contributed by atoms with E-state index in [1.54, 1.807) is 0 Å². The van der Waals surface area contributed by atoms with E-state index in [1.807, 2.05) is 13.8 Å². The first-order chi connectivity index (χ1) is 15.7. The van der Waals surface area contributed by atoms with Crippen molar-refractivity contribution in [3.8, 4) is 0 Å². The molecular formula is C25H39N3O5. The van der Waals surface area contributed by atoms with Gasteiger partial charge in [-0.1, -0.05) is 13.8 Å². The van der Waals surface area contributed by atoms with E-state index in [1.165, 1.54) is 38.5 Å². The summed E-state index contributed by atoms with van der Waals surface area (Å²) < 4.78 is 5.57. The van der Waals surface area contributed by atoms with Crippen LogP contribution in [-0.4, -0.2) is 49.4 Å². The van der Waals surface area contributed by atoms with Gasteiger partial charge in [0.15, 0.2) is 6.10 Å². The smallest absolute Gasteiger partial charge is 0.407 e. The van der Waals surface area contributed by atoms with Crippen molar-refractivity contribution < 1.29 is 23.9 Å². The van der Waals surface area contributed by atoms with E-state index in [9.17, 15) is 19.2 Å². The minimum atomic E-state index is -0.971. The van der Waals surface area contributed by atoms with Crippen LogP contribution in [0.1, 0.15) is 71.6 Å². The molecule has 5 rings (SSSR count). The number of amides is 3. The largest absolute Gasteiger partial charge is 0.436 e. The molecule has 0 unspecified atom stereocenters. The Balaban J connectivity index is 1.30. The zero-order valence-corrected chi connectivity index (χ0v) is 19.9. The fraction of sp³-hybridized carbons (Fsp3) is 0.840. The molecule has 4 aliphatic carbocycles. The summed E-state index contributed by atoms with van der Waals surface area (Å²) in [6.07, 6.45) is 7.99. The van der Waals surface area contributed by atoms with E-state index in [-0.39, 0.29) is 29.6 Å². The van der Waals surface area contributed by atoms with Gasteiger partial charge in [0.1, 0.15) is 6.29 Å². The van der Waals surface area contributed by atoms with E-state index in [0.29, 0.717) is 32.2 Å². The SMILES string of the molecule is CC(C)C[C@H](OC(=O)NCC12CC3CC(CC(C3)C1)C2)C(=O)N[C@H](C=O)C[C@@H]1CCNC1=O. The lowest BCUT2D eigenvalue weighted by atomic mass is 9.49. The standard InChI is InChI=1S/C25H39N3O5/c1-15(2)5-21(23(31)28-20(13-29)9-19-3-4-26-22(19)30)33-24(32)27-14-25-10-16-6-17(11-25)8-18(7-16)12-25/h13,15-21H,3-12,14H2,1-2H3,(H,26,30)(H,27,32)(H,28,31)/t16?,17?,18?,19-,20-,21-,25?/m0/s1. The van der Waals surface area contributed by atoms with Gasteiger partial charge in [-0.2, -0.15) is 0 Å². The van der Waals surface area contributed by atoms with Crippen molar-refractivity contribution in [1.29, 1.82) is 0 Å². The summed E-state index contributed by atoms with van der Waals surface area (Å²) in [6, 6.07) is -0.778. The van der Waals surface area contributed by atoms with Crippen LogP contribution in [0, 0.1) is 35.0 Å². The van der Waals surface area contributed by atoms with Crippen LogP contribution >= 0.6 is 0 Å². The third-order valence-corrected chi connectivity index (χ3v) is 8.19. The molecule has 0 radical (unpaired) electrons. The van der Waals surface area contributed by atoms with Crippen molar-refractivity contribution in [3.05, 3.63) is 0 Å². The number of nitrogens with one attached hydrogen (secondary N) is 3. The van der Waals surface area contributed by atoms with Crippen LogP contribution in [0.15, 0.2) is 0 Å². The quantitative estimate of drug-likeness (QED) is 0.433. The monoisotopic (exact) mass is 461 g/mol. The van der Waals surface area contributed by atoms with Gasteiger partial charge >= 0.3 is 6.09 Å². The lowest BCUT2D eigenvalue weighted by molar-refractivity contribution is -0.133. The first-order valence-corrected chi connectivity index (χ1v) is 12.7. The normalized spacial score (nSPS) is 34.0. The Bertz CT molecular complexity index is 732. The minimum Gasteiger partial charge on any atom is -0.436 e. The van der Waals surface area contributed by atoms with Crippen LogP contribution in [0.3, 0.4) is 0 Å². The number of hydrogen-bond acceptors (Lipinski definition) is 5. The molecule has 1 saturated heterocycles. The molecule has 0 aromatic rings. The Labute approximate surface area is 196 Å². The Morgan fingerprint density at radius 2 is 1.79 bits per heavy atom. The fourth-order valence-electron chi connectivity index (χ4n) is 7.17. The van der Waals surface area contributed by atoms with Crippen molar-refractivity contribution in [2.45, 2.75) is 83.8 Å². The number of carbonyl (C=O) groups is 4. The topological polar surface area (TPSA) is 114 Å².